The lowest BCUT2D eigenvalue weighted by Crippen LogP contribution is -2.28. The van der Waals surface area contributed by atoms with Crippen molar-refractivity contribution in [3.05, 3.63) is 239 Å². The van der Waals surface area contributed by atoms with Crippen molar-refractivity contribution in [3.63, 3.8) is 0 Å². The number of ether oxygens (including phenoxy) is 6. The van der Waals surface area contributed by atoms with E-state index in [0.717, 1.165) is 33.9 Å². The summed E-state index contributed by atoms with van der Waals surface area (Å²) >= 11 is 17.5. The largest absolute Gasteiger partial charge is 0.493 e. The van der Waals surface area contributed by atoms with Gasteiger partial charge >= 0.3 is 11.9 Å². The van der Waals surface area contributed by atoms with Crippen LogP contribution in [0.25, 0.3) is 55.5 Å². The molecule has 0 saturated carbocycles. The van der Waals surface area contributed by atoms with Crippen LogP contribution >= 0.6 is 56.2 Å². The molecule has 0 fully saturated rings. The molecule has 36 heteroatoms. The second-order valence-corrected chi connectivity index (χ2v) is 25.6. The number of nitrogens with one attached hydrogen (secondary N) is 4. The van der Waals surface area contributed by atoms with Crippen LogP contribution in [-0.4, -0.2) is 123 Å². The van der Waals surface area contributed by atoms with E-state index in [1.54, 1.807) is 67.3 Å². The molecule has 0 aliphatic heterocycles. The molecule has 7 aromatic heterocycles. The van der Waals surface area contributed by atoms with Crippen LogP contribution in [0.3, 0.4) is 0 Å². The first-order chi connectivity index (χ1) is 52.6. The maximum Gasteiger partial charge on any atom is 0.341 e. The Hall–Kier alpha value is -12.1. The molecule has 0 unspecified atom stereocenters. The lowest BCUT2D eigenvalue weighted by molar-refractivity contribution is -0.140. The van der Waals surface area contributed by atoms with E-state index in [1.807, 2.05) is 60.7 Å². The molecule has 0 radical (unpaired) electrons. The SMILES string of the molecule is C.COc1cc2ncnc(Nc3ccc(F)c(Cl)c3)c2cc1OCC(=O)NCc1ccc(-c2ccccn2)nc1.COc1cc2ncnc(Nc3ccc(F)c(Cl)c3)c2cc1OCC(=O)O.COc1cc2ncnc(Nc3ccc(F)c(Cl)c3)c2cc1OCC(=O)O.NCc1ccc(-c2ccccn2)nc1.O=S(Cl)Cl.[2HH]. The number of methoxy groups -OCH3 is 3. The molecule has 7 heterocycles. The molecule has 0 aliphatic carbocycles. The molecule has 0 saturated heterocycles. The summed E-state index contributed by atoms with van der Waals surface area (Å²) in [5, 5.41) is 31.3. The van der Waals surface area contributed by atoms with Crippen molar-refractivity contribution in [2.24, 2.45) is 5.73 Å². The fourth-order valence-corrected chi connectivity index (χ4v) is 10.1. The summed E-state index contributed by atoms with van der Waals surface area (Å²) in [7, 11) is 11.7. The molecule has 110 heavy (non-hydrogen) atoms. The van der Waals surface area contributed by atoms with Crippen LogP contribution in [0.5, 0.6) is 34.5 Å². The number of hydrogen-bond donors (Lipinski definition) is 7. The van der Waals surface area contributed by atoms with Crippen molar-refractivity contribution in [2.45, 2.75) is 20.5 Å². The van der Waals surface area contributed by atoms with Gasteiger partial charge in [0.2, 0.25) is 9.23 Å². The highest BCUT2D eigenvalue weighted by Crippen LogP contribution is 2.39. The van der Waals surface area contributed by atoms with E-state index in [0.29, 0.717) is 96.8 Å². The van der Waals surface area contributed by atoms with Crippen LogP contribution < -0.4 is 55.4 Å². The molecule has 570 valence electrons. The van der Waals surface area contributed by atoms with Gasteiger partial charge in [-0.3, -0.25) is 24.7 Å². The fraction of sp³-hybridized carbons (Fsp3) is 0.122. The zero-order valence-corrected chi connectivity index (χ0v) is 61.6. The average molecular weight is 1620 g/mol. The number of halogens is 8. The molecule has 27 nitrogen and oxygen atoms in total. The highest BCUT2D eigenvalue weighted by Gasteiger charge is 2.19. The lowest BCUT2D eigenvalue weighted by Gasteiger charge is -2.14. The molecule has 13 rings (SSSR count). The number of carbonyl (C=O) groups is 3. The van der Waals surface area contributed by atoms with E-state index < -0.39 is 51.8 Å². The maximum absolute atomic E-state index is 13.6. The topological polar surface area (TPSA) is 367 Å². The van der Waals surface area contributed by atoms with E-state index in [-0.39, 0.29) is 54.5 Å². The van der Waals surface area contributed by atoms with Crippen molar-refractivity contribution in [1.82, 2.24) is 55.2 Å². The van der Waals surface area contributed by atoms with Gasteiger partial charge in [-0.2, -0.15) is 0 Å². The predicted octanol–water partition coefficient (Wildman–Crippen LogP) is 16.1. The number of carbonyl (C=O) groups excluding carboxylic acids is 1. The molecule has 13 aromatic rings. The van der Waals surface area contributed by atoms with Crippen molar-refractivity contribution in [3.8, 4) is 57.3 Å². The molecule has 0 spiro atoms. The number of amides is 1. The van der Waals surface area contributed by atoms with Crippen LogP contribution in [0.1, 0.15) is 20.0 Å². The maximum atomic E-state index is 13.6. The molecular weight excluding hydrogens is 1560 g/mol. The molecule has 0 bridgehead atoms. The number of pyridine rings is 4. The summed E-state index contributed by atoms with van der Waals surface area (Å²) < 4.78 is 81.4. The van der Waals surface area contributed by atoms with Crippen LogP contribution in [0, 0.1) is 17.5 Å². The minimum Gasteiger partial charge on any atom is -0.493 e. The Labute approximate surface area is 653 Å². The monoisotopic (exact) mass is 1620 g/mol. The number of nitrogens with two attached hydrogens (primary N) is 1. The number of carboxylic acid groups (broad SMARTS) is 2. The van der Waals surface area contributed by atoms with Gasteiger partial charge in [-0.1, -0.05) is 66.5 Å². The van der Waals surface area contributed by atoms with Gasteiger partial charge in [-0.25, -0.2) is 56.9 Å². The van der Waals surface area contributed by atoms with E-state index in [1.165, 1.54) is 88.8 Å². The molecule has 0 aliphatic rings. The molecule has 1 amide bonds. The molecular formula is C74H65Cl5F3N15O12S. The number of aromatic nitrogens is 10. The Bertz CT molecular complexity index is 5200. The van der Waals surface area contributed by atoms with Crippen LogP contribution in [0.15, 0.2) is 195 Å². The third kappa shape index (κ3) is 24.2. The highest BCUT2D eigenvalue weighted by atomic mass is 36.0. The summed E-state index contributed by atoms with van der Waals surface area (Å²) in [5.41, 5.74) is 13.9. The Morgan fingerprint density at radius 3 is 1.10 bits per heavy atom. The number of aliphatic carboxylic acids is 2. The second-order valence-electron chi connectivity index (χ2n) is 21.8. The number of benzene rings is 6. The minimum atomic E-state index is -1.67. The summed E-state index contributed by atoms with van der Waals surface area (Å²) in [4.78, 5) is 76.5. The molecule has 8 N–H and O–H groups in total. The normalized spacial score (nSPS) is 10.4. The number of anilines is 6. The zero-order valence-electron chi connectivity index (χ0n) is 57.0. The lowest BCUT2D eigenvalue weighted by atomic mass is 10.2. The summed E-state index contributed by atoms with van der Waals surface area (Å²) in [5.74, 6) is -0.973. The summed E-state index contributed by atoms with van der Waals surface area (Å²) in [6.07, 6.45) is 11.0. The van der Waals surface area contributed by atoms with Gasteiger partial charge in [-0.15, -0.1) is 0 Å². The quantitative estimate of drug-likeness (QED) is 0.0292. The Kier molecular flexibility index (Phi) is 31.4. The first-order valence-electron chi connectivity index (χ1n) is 31.5. The van der Waals surface area contributed by atoms with E-state index >= 15 is 0 Å². The van der Waals surface area contributed by atoms with Gasteiger partial charge < -0.3 is 65.6 Å². The number of fused-ring (bicyclic) bond motifs is 3. The first kappa shape index (κ1) is 83.5. The smallest absolute Gasteiger partial charge is 0.341 e. The fourth-order valence-electron chi connectivity index (χ4n) is 9.52. The minimum absolute atomic E-state index is 0. The van der Waals surface area contributed by atoms with Crippen molar-refractivity contribution < 1.29 is 71.8 Å². The Balaban J connectivity index is 0.000000210. The third-order valence-electron chi connectivity index (χ3n) is 14.6. The van der Waals surface area contributed by atoms with Crippen LogP contribution in [-0.2, 0) is 36.7 Å². The van der Waals surface area contributed by atoms with E-state index in [4.69, 9.17) is 83.4 Å². The van der Waals surface area contributed by atoms with Crippen LogP contribution in [0.4, 0.5) is 47.7 Å². The summed E-state index contributed by atoms with van der Waals surface area (Å²) in [6, 6.07) is 41.4. The van der Waals surface area contributed by atoms with Crippen molar-refractivity contribution in [2.75, 3.05) is 57.1 Å². The Morgan fingerprint density at radius 1 is 0.455 bits per heavy atom. The van der Waals surface area contributed by atoms with E-state index in [2.05, 4.69) is 92.5 Å². The van der Waals surface area contributed by atoms with E-state index in [9.17, 15) is 27.6 Å². The summed E-state index contributed by atoms with van der Waals surface area (Å²) in [6.45, 7) is -0.479. The Morgan fingerprint density at radius 2 is 0.800 bits per heavy atom. The van der Waals surface area contributed by atoms with Gasteiger partial charge in [0.25, 0.3) is 5.91 Å². The van der Waals surface area contributed by atoms with Gasteiger partial charge in [0, 0.05) is 112 Å². The van der Waals surface area contributed by atoms with Gasteiger partial charge in [0.15, 0.2) is 54.3 Å². The molecule has 0 atom stereocenters. The van der Waals surface area contributed by atoms with Gasteiger partial charge in [0.1, 0.15) is 53.9 Å². The van der Waals surface area contributed by atoms with Gasteiger partial charge in [0.05, 0.1) is 75.7 Å². The third-order valence-corrected chi connectivity index (χ3v) is 15.5. The van der Waals surface area contributed by atoms with Gasteiger partial charge in [-0.05, 0) is 120 Å². The second kappa shape index (κ2) is 41.3. The number of carboxylic acids is 2. The van der Waals surface area contributed by atoms with Crippen molar-refractivity contribution >= 4 is 150 Å². The van der Waals surface area contributed by atoms with Crippen molar-refractivity contribution in [1.29, 1.82) is 0 Å². The number of rotatable bonds is 23. The zero-order chi connectivity index (χ0) is 77.9. The predicted molar refractivity (Wildman–Crippen MR) is 417 cm³/mol. The molecule has 6 aromatic carbocycles. The standard InChI is InChI=1S/C28H22ClFN6O3.2C17H13ClFN3O4.C11H11N3.CH4.Cl2OS.H2/c1-38-25-12-24-19(28(35-16-34-24)36-18-6-7-21(30)20(29)10-18)11-26(25)39-15-27(37)33-14-17-5-8-23(32-13-17)22-4-2-3-9-31-22;2*1-25-14-6-13-10(5-15(14)26-7-16(23)24)17(21-8-20-13)22-9-2-3-12(19)11(18)4-9;12-7-9-4-5-11(14-8-9)10-3-1-2-6-13-10;;1-4(2)3;/h2-13,16H,14-15H2,1H3,(H,33,37)(H,34,35,36);2*2-6,8H,7H2,1H3,(H,23,24)(H,20,21,22);1-6,8H,7,12H2;1H4;;1H/i;;;;;;1+1. The highest BCUT2D eigenvalue weighted by molar-refractivity contribution is 8.26. The number of hydrogen-bond acceptors (Lipinski definition) is 24. The first-order valence-corrected chi connectivity index (χ1v) is 35.4. The average Bonchev–Trinajstić information content (AvgIpc) is 0.802. The number of nitrogens with zero attached hydrogens (tertiary/aromatic N) is 10. The van der Waals surface area contributed by atoms with Crippen LogP contribution in [0.2, 0.25) is 15.1 Å².